The Morgan fingerprint density at radius 1 is 1.00 bits per heavy atom. The van der Waals surface area contributed by atoms with Crippen LogP contribution in [0, 0.1) is 20.8 Å². The fourth-order valence-electron chi connectivity index (χ4n) is 3.25. The molecule has 0 unspecified atom stereocenters. The van der Waals surface area contributed by atoms with Crippen LogP contribution in [0.1, 0.15) is 32.8 Å². The Labute approximate surface area is 164 Å². The fourth-order valence-corrected chi connectivity index (χ4v) is 3.25. The van der Waals surface area contributed by atoms with Gasteiger partial charge in [0.1, 0.15) is 5.76 Å². The molecule has 0 atom stereocenters. The van der Waals surface area contributed by atoms with Crippen LogP contribution in [0.15, 0.2) is 65.3 Å². The molecule has 0 saturated carbocycles. The van der Waals surface area contributed by atoms with E-state index in [2.05, 4.69) is 37.4 Å². The highest BCUT2D eigenvalue weighted by molar-refractivity contribution is 6.07. The second kappa shape index (κ2) is 7.31. The first kappa shape index (κ1) is 18.0. The molecule has 0 aliphatic heterocycles. The van der Waals surface area contributed by atoms with E-state index in [0.717, 1.165) is 33.5 Å². The minimum atomic E-state index is -0.139. The van der Waals surface area contributed by atoms with Gasteiger partial charge in [0.15, 0.2) is 0 Å². The second-order valence-corrected chi connectivity index (χ2v) is 7.14. The lowest BCUT2D eigenvalue weighted by Gasteiger charge is -2.12. The molecular formula is C24H22N2O2. The Kier molecular flexibility index (Phi) is 4.70. The van der Waals surface area contributed by atoms with Gasteiger partial charge in [-0.05, 0) is 68.3 Å². The predicted octanol–water partition coefficient (Wildman–Crippen LogP) is 5.35. The topological polar surface area (TPSA) is 55.1 Å². The van der Waals surface area contributed by atoms with E-state index < -0.39 is 0 Å². The third kappa shape index (κ3) is 3.54. The summed E-state index contributed by atoms with van der Waals surface area (Å²) in [5, 5.41) is 3.80. The van der Waals surface area contributed by atoms with E-state index in [9.17, 15) is 4.79 Å². The summed E-state index contributed by atoms with van der Waals surface area (Å²) in [4.78, 5) is 17.8. The van der Waals surface area contributed by atoms with Crippen LogP contribution >= 0.6 is 0 Å². The fraction of sp³-hybridized carbons (Fsp3) is 0.167. The third-order valence-corrected chi connectivity index (χ3v) is 5.01. The highest BCUT2D eigenvalue weighted by atomic mass is 16.3. The van der Waals surface area contributed by atoms with Gasteiger partial charge in [-0.25, -0.2) is 4.98 Å². The van der Waals surface area contributed by atoms with Gasteiger partial charge in [0, 0.05) is 10.9 Å². The average Bonchev–Trinajstić information content (AvgIpc) is 3.21. The van der Waals surface area contributed by atoms with Crippen LogP contribution in [0.2, 0.25) is 0 Å². The number of benzene rings is 2. The van der Waals surface area contributed by atoms with E-state index in [1.165, 1.54) is 11.1 Å². The summed E-state index contributed by atoms with van der Waals surface area (Å²) in [6, 6.07) is 17.8. The normalized spacial score (nSPS) is 11.0. The number of fused-ring (bicyclic) bond motifs is 1. The molecule has 2 aromatic heterocycles. The van der Waals surface area contributed by atoms with E-state index in [1.54, 1.807) is 6.26 Å². The SMILES string of the molecule is Cc1ccc2nc(-c3ccc(C)c(C)c3)cc(C(=O)NCc3ccco3)c2c1. The first-order valence-electron chi connectivity index (χ1n) is 9.31. The number of amides is 1. The van der Waals surface area contributed by atoms with Crippen molar-refractivity contribution in [2.24, 2.45) is 0 Å². The lowest BCUT2D eigenvalue weighted by atomic mass is 10.00. The quantitative estimate of drug-likeness (QED) is 0.527. The molecule has 4 rings (SSSR count). The number of hydrogen-bond acceptors (Lipinski definition) is 3. The van der Waals surface area contributed by atoms with Crippen molar-refractivity contribution in [3.8, 4) is 11.3 Å². The smallest absolute Gasteiger partial charge is 0.252 e. The Hall–Kier alpha value is -3.40. The van der Waals surface area contributed by atoms with Gasteiger partial charge < -0.3 is 9.73 Å². The van der Waals surface area contributed by atoms with Crippen molar-refractivity contribution in [3.63, 3.8) is 0 Å². The van der Waals surface area contributed by atoms with Crippen molar-refractivity contribution < 1.29 is 9.21 Å². The van der Waals surface area contributed by atoms with Crippen molar-refractivity contribution in [3.05, 3.63) is 88.9 Å². The molecule has 1 N–H and O–H groups in total. The number of aromatic nitrogens is 1. The molecule has 0 bridgehead atoms. The van der Waals surface area contributed by atoms with Crippen molar-refractivity contribution in [1.29, 1.82) is 0 Å². The first-order valence-corrected chi connectivity index (χ1v) is 9.31. The Balaban J connectivity index is 1.79. The Morgan fingerprint density at radius 3 is 2.61 bits per heavy atom. The van der Waals surface area contributed by atoms with Crippen LogP contribution < -0.4 is 5.32 Å². The molecule has 2 heterocycles. The van der Waals surface area contributed by atoms with Gasteiger partial charge in [0.2, 0.25) is 0 Å². The zero-order chi connectivity index (χ0) is 19.7. The number of aryl methyl sites for hydroxylation is 3. The van der Waals surface area contributed by atoms with Crippen molar-refractivity contribution in [2.45, 2.75) is 27.3 Å². The number of carbonyl (C=O) groups is 1. The van der Waals surface area contributed by atoms with Gasteiger partial charge in [-0.1, -0.05) is 23.8 Å². The van der Waals surface area contributed by atoms with Crippen LogP contribution in [0.25, 0.3) is 22.2 Å². The van der Waals surface area contributed by atoms with Crippen LogP contribution in [0.5, 0.6) is 0 Å². The van der Waals surface area contributed by atoms with Gasteiger partial charge in [0.25, 0.3) is 5.91 Å². The lowest BCUT2D eigenvalue weighted by molar-refractivity contribution is 0.0949. The maximum absolute atomic E-state index is 13.0. The van der Waals surface area contributed by atoms with Crippen molar-refractivity contribution >= 4 is 16.8 Å². The first-order chi connectivity index (χ1) is 13.5. The molecule has 4 heteroatoms. The van der Waals surface area contributed by atoms with Crippen LogP contribution in [-0.4, -0.2) is 10.9 Å². The largest absolute Gasteiger partial charge is 0.467 e. The Bertz CT molecular complexity index is 1160. The maximum atomic E-state index is 13.0. The molecule has 0 aliphatic rings. The van der Waals surface area contributed by atoms with Gasteiger partial charge in [-0.2, -0.15) is 0 Å². The summed E-state index contributed by atoms with van der Waals surface area (Å²) >= 11 is 0. The molecule has 4 nitrogen and oxygen atoms in total. The summed E-state index contributed by atoms with van der Waals surface area (Å²) < 4.78 is 5.32. The summed E-state index contributed by atoms with van der Waals surface area (Å²) in [6.07, 6.45) is 1.60. The third-order valence-electron chi connectivity index (χ3n) is 5.01. The van der Waals surface area contributed by atoms with E-state index in [0.29, 0.717) is 12.1 Å². The van der Waals surface area contributed by atoms with Gasteiger partial charge in [-0.3, -0.25) is 4.79 Å². The van der Waals surface area contributed by atoms with E-state index in [1.807, 2.05) is 43.3 Å². The molecule has 28 heavy (non-hydrogen) atoms. The molecule has 0 saturated heterocycles. The van der Waals surface area contributed by atoms with Crippen LogP contribution in [-0.2, 0) is 6.54 Å². The minimum Gasteiger partial charge on any atom is -0.467 e. The number of furan rings is 1. The number of rotatable bonds is 4. The molecule has 0 spiro atoms. The van der Waals surface area contributed by atoms with Gasteiger partial charge in [0.05, 0.1) is 29.6 Å². The van der Waals surface area contributed by atoms with E-state index in [-0.39, 0.29) is 5.91 Å². The highest BCUT2D eigenvalue weighted by Crippen LogP contribution is 2.27. The Morgan fingerprint density at radius 2 is 1.86 bits per heavy atom. The van der Waals surface area contributed by atoms with E-state index >= 15 is 0 Å². The second-order valence-electron chi connectivity index (χ2n) is 7.14. The van der Waals surface area contributed by atoms with Gasteiger partial charge >= 0.3 is 0 Å². The lowest BCUT2D eigenvalue weighted by Crippen LogP contribution is -2.23. The number of nitrogens with zero attached hydrogens (tertiary/aromatic N) is 1. The maximum Gasteiger partial charge on any atom is 0.252 e. The standard InChI is InChI=1S/C24H22N2O2/c1-15-6-9-22-20(11-15)21(24(27)25-14-19-5-4-10-28-19)13-23(26-22)18-8-7-16(2)17(3)12-18/h4-13H,14H2,1-3H3,(H,25,27). The number of hydrogen-bond donors (Lipinski definition) is 1. The number of pyridine rings is 1. The molecule has 2 aromatic carbocycles. The average molecular weight is 370 g/mol. The van der Waals surface area contributed by atoms with Gasteiger partial charge in [-0.15, -0.1) is 0 Å². The zero-order valence-electron chi connectivity index (χ0n) is 16.2. The summed E-state index contributed by atoms with van der Waals surface area (Å²) in [5.74, 6) is 0.580. The van der Waals surface area contributed by atoms with Crippen LogP contribution in [0.4, 0.5) is 0 Å². The van der Waals surface area contributed by atoms with Crippen molar-refractivity contribution in [2.75, 3.05) is 0 Å². The monoisotopic (exact) mass is 370 g/mol. The number of nitrogens with one attached hydrogen (secondary N) is 1. The molecule has 0 radical (unpaired) electrons. The molecule has 0 fully saturated rings. The molecule has 4 aromatic rings. The summed E-state index contributed by atoms with van der Waals surface area (Å²) in [5.41, 5.74) is 6.75. The summed E-state index contributed by atoms with van der Waals surface area (Å²) in [7, 11) is 0. The highest BCUT2D eigenvalue weighted by Gasteiger charge is 2.15. The molecule has 1 amide bonds. The van der Waals surface area contributed by atoms with E-state index in [4.69, 9.17) is 9.40 Å². The molecule has 140 valence electrons. The number of carbonyl (C=O) groups excluding carboxylic acids is 1. The summed E-state index contributed by atoms with van der Waals surface area (Å²) in [6.45, 7) is 6.53. The molecular weight excluding hydrogens is 348 g/mol. The zero-order valence-corrected chi connectivity index (χ0v) is 16.2. The molecule has 0 aliphatic carbocycles. The van der Waals surface area contributed by atoms with Crippen molar-refractivity contribution in [1.82, 2.24) is 10.3 Å². The predicted molar refractivity (Wildman–Crippen MR) is 111 cm³/mol. The minimum absolute atomic E-state index is 0.139. The van der Waals surface area contributed by atoms with Crippen LogP contribution in [0.3, 0.4) is 0 Å².